The van der Waals surface area contributed by atoms with Crippen molar-refractivity contribution in [2.45, 2.75) is 122 Å². The van der Waals surface area contributed by atoms with Gasteiger partial charge >= 0.3 is 0 Å². The predicted octanol–water partition coefficient (Wildman–Crippen LogP) is 8.05. The van der Waals surface area contributed by atoms with E-state index in [2.05, 4.69) is 13.8 Å². The number of hydrogen-bond donors (Lipinski definition) is 0. The molecule has 4 nitrogen and oxygen atoms in total. The molecular weight excluding hydrogens is 460 g/mol. The van der Waals surface area contributed by atoms with Crippen molar-refractivity contribution in [3.05, 3.63) is 54.1 Å². The van der Waals surface area contributed by atoms with Gasteiger partial charge in [0.25, 0.3) is 0 Å². The third-order valence-corrected chi connectivity index (χ3v) is 7.28. The van der Waals surface area contributed by atoms with Crippen LogP contribution in [0, 0.1) is 5.92 Å². The molecule has 0 aliphatic heterocycles. The summed E-state index contributed by atoms with van der Waals surface area (Å²) >= 11 is 0. The summed E-state index contributed by atoms with van der Waals surface area (Å²) in [5.74, 6) is -1.02. The van der Waals surface area contributed by atoms with Gasteiger partial charge in [-0.1, -0.05) is 134 Å². The van der Waals surface area contributed by atoms with Gasteiger partial charge in [0, 0.05) is 18.1 Å². The van der Waals surface area contributed by atoms with Gasteiger partial charge in [-0.25, -0.2) is 0 Å². The highest BCUT2D eigenvalue weighted by Gasteiger charge is 2.33. The molecule has 37 heavy (non-hydrogen) atoms. The van der Waals surface area contributed by atoms with Crippen LogP contribution in [-0.4, -0.2) is 19.2 Å². The molecule has 1 aliphatic carbocycles. The van der Waals surface area contributed by atoms with Crippen molar-refractivity contribution >= 4 is 5.97 Å². The Kier molecular flexibility index (Phi) is 16.1. The molecule has 0 N–H and O–H groups in total. The molecule has 1 aromatic rings. The number of carbonyl (C=O) groups excluding carboxylic acids is 1. The van der Waals surface area contributed by atoms with Gasteiger partial charge in [0.15, 0.2) is 0 Å². The normalized spacial score (nSPS) is 18.8. The van der Waals surface area contributed by atoms with Crippen molar-refractivity contribution in [1.82, 2.24) is 0 Å². The quantitative estimate of drug-likeness (QED) is 0.117. The SMILES string of the molecule is CCCCCCCCCCOc1ccccc1C1(OCCCCCCCCCC)C=CC(C(=O)[O-])C=C1. The number of hydrogen-bond acceptors (Lipinski definition) is 4. The Bertz CT molecular complexity index is 783. The first-order chi connectivity index (χ1) is 18.1. The second kappa shape index (κ2) is 19.1. The zero-order valence-corrected chi connectivity index (χ0v) is 23.6. The lowest BCUT2D eigenvalue weighted by molar-refractivity contribution is -0.308. The van der Waals surface area contributed by atoms with Crippen molar-refractivity contribution in [1.29, 1.82) is 0 Å². The maximum absolute atomic E-state index is 11.4. The van der Waals surface area contributed by atoms with E-state index in [1.807, 2.05) is 36.4 Å². The Morgan fingerprint density at radius 1 is 0.730 bits per heavy atom. The Balaban J connectivity index is 1.92. The highest BCUT2D eigenvalue weighted by atomic mass is 16.5. The lowest BCUT2D eigenvalue weighted by atomic mass is 9.85. The minimum atomic E-state index is -1.09. The first-order valence-electron chi connectivity index (χ1n) is 15.1. The van der Waals surface area contributed by atoms with Crippen LogP contribution in [0.1, 0.15) is 122 Å². The fourth-order valence-corrected chi connectivity index (χ4v) is 4.93. The van der Waals surface area contributed by atoms with Crippen LogP contribution in [0.3, 0.4) is 0 Å². The van der Waals surface area contributed by atoms with Crippen LogP contribution in [0.5, 0.6) is 5.75 Å². The van der Waals surface area contributed by atoms with Gasteiger partial charge < -0.3 is 19.4 Å². The van der Waals surface area contributed by atoms with E-state index in [1.54, 1.807) is 12.2 Å². The van der Waals surface area contributed by atoms with E-state index >= 15 is 0 Å². The molecule has 0 amide bonds. The maximum Gasteiger partial charge on any atom is 0.133 e. The number of carboxylic acids is 1. The van der Waals surface area contributed by atoms with Crippen LogP contribution in [0.25, 0.3) is 0 Å². The Morgan fingerprint density at radius 2 is 1.22 bits per heavy atom. The second-order valence-electron chi connectivity index (χ2n) is 10.5. The van der Waals surface area contributed by atoms with Crippen molar-refractivity contribution in [3.8, 4) is 5.75 Å². The van der Waals surface area contributed by atoms with E-state index in [-0.39, 0.29) is 0 Å². The molecule has 208 valence electrons. The summed E-state index contributed by atoms with van der Waals surface area (Å²) in [6.07, 6.45) is 27.1. The van der Waals surface area contributed by atoms with Gasteiger partial charge in [-0.2, -0.15) is 0 Å². The van der Waals surface area contributed by atoms with E-state index in [9.17, 15) is 9.90 Å². The number of carboxylic acid groups (broad SMARTS) is 1. The largest absolute Gasteiger partial charge is 0.549 e. The highest BCUT2D eigenvalue weighted by Crippen LogP contribution is 2.39. The third kappa shape index (κ3) is 11.9. The molecule has 0 aromatic heterocycles. The van der Waals surface area contributed by atoms with Crippen LogP contribution < -0.4 is 9.84 Å². The van der Waals surface area contributed by atoms with E-state index < -0.39 is 17.5 Å². The molecular formula is C33H51O4-. The van der Waals surface area contributed by atoms with E-state index in [1.165, 1.54) is 83.5 Å². The Labute approximate surface area is 226 Å². The Hall–Kier alpha value is -2.07. The minimum absolute atomic E-state index is 0.617. The molecule has 1 aliphatic rings. The topological polar surface area (TPSA) is 58.6 Å². The average molecular weight is 512 g/mol. The molecule has 2 rings (SSSR count). The minimum Gasteiger partial charge on any atom is -0.549 e. The van der Waals surface area contributed by atoms with E-state index in [4.69, 9.17) is 9.47 Å². The van der Waals surface area contributed by atoms with E-state index in [0.29, 0.717) is 13.2 Å². The smallest absolute Gasteiger partial charge is 0.133 e. The van der Waals surface area contributed by atoms with Gasteiger partial charge in [-0.05, 0) is 31.1 Å². The van der Waals surface area contributed by atoms with Crippen LogP contribution >= 0.6 is 0 Å². The fraction of sp³-hybridized carbons (Fsp3) is 0.667. The van der Waals surface area contributed by atoms with Crippen LogP contribution in [0.4, 0.5) is 0 Å². The molecule has 0 bridgehead atoms. The number of benzene rings is 1. The Morgan fingerprint density at radius 3 is 1.76 bits per heavy atom. The molecule has 0 heterocycles. The molecule has 0 atom stereocenters. The van der Waals surface area contributed by atoms with Crippen molar-refractivity contribution in [2.75, 3.05) is 13.2 Å². The van der Waals surface area contributed by atoms with Gasteiger partial charge in [0.1, 0.15) is 11.4 Å². The average Bonchev–Trinajstić information content (AvgIpc) is 2.91. The number of rotatable bonds is 22. The molecule has 4 heteroatoms. The maximum atomic E-state index is 11.4. The van der Waals surface area contributed by atoms with Crippen molar-refractivity contribution in [2.24, 2.45) is 5.92 Å². The van der Waals surface area contributed by atoms with Crippen LogP contribution in [0.2, 0.25) is 0 Å². The summed E-state index contributed by atoms with van der Waals surface area (Å²) in [5.41, 5.74) is 0.113. The molecule has 0 fully saturated rings. The second-order valence-corrected chi connectivity index (χ2v) is 10.5. The summed E-state index contributed by atoms with van der Waals surface area (Å²) in [7, 11) is 0. The molecule has 0 saturated heterocycles. The standard InChI is InChI=1S/C33H52O4/c1-3-5-7-9-11-13-15-19-27-36-31-22-18-17-21-30(31)33(25-23-29(24-26-33)32(34)35)37-28-20-16-14-12-10-8-6-4-2/h17-18,21-26,29H,3-16,19-20,27-28H2,1-2H3,(H,34,35)/p-1. The number of aliphatic carboxylic acids is 1. The fourth-order valence-electron chi connectivity index (χ4n) is 4.93. The number of unbranched alkanes of at least 4 members (excludes halogenated alkanes) is 14. The third-order valence-electron chi connectivity index (χ3n) is 7.28. The van der Waals surface area contributed by atoms with Crippen molar-refractivity contribution in [3.63, 3.8) is 0 Å². The van der Waals surface area contributed by atoms with Gasteiger partial charge in [0.05, 0.1) is 12.6 Å². The molecule has 0 saturated carbocycles. The number of para-hydroxylation sites is 1. The first-order valence-corrected chi connectivity index (χ1v) is 15.1. The predicted molar refractivity (Wildman–Crippen MR) is 152 cm³/mol. The van der Waals surface area contributed by atoms with Gasteiger partial charge in [0.2, 0.25) is 0 Å². The lowest BCUT2D eigenvalue weighted by Gasteiger charge is -2.33. The lowest BCUT2D eigenvalue weighted by Crippen LogP contribution is -2.34. The highest BCUT2D eigenvalue weighted by molar-refractivity contribution is 5.73. The summed E-state index contributed by atoms with van der Waals surface area (Å²) in [6.45, 7) is 5.79. The van der Waals surface area contributed by atoms with Crippen LogP contribution in [0.15, 0.2) is 48.6 Å². The summed E-state index contributed by atoms with van der Waals surface area (Å²) < 4.78 is 12.7. The van der Waals surface area contributed by atoms with Gasteiger partial charge in [-0.3, -0.25) is 0 Å². The molecule has 0 radical (unpaired) electrons. The molecule has 1 aromatic carbocycles. The number of carbonyl (C=O) groups is 1. The summed E-state index contributed by atoms with van der Waals surface area (Å²) in [5, 5.41) is 11.4. The zero-order chi connectivity index (χ0) is 26.6. The first kappa shape index (κ1) is 31.1. The van der Waals surface area contributed by atoms with Crippen molar-refractivity contribution < 1.29 is 19.4 Å². The molecule has 0 spiro atoms. The summed E-state index contributed by atoms with van der Waals surface area (Å²) in [4.78, 5) is 11.4. The summed E-state index contributed by atoms with van der Waals surface area (Å²) in [6, 6.07) is 8.00. The van der Waals surface area contributed by atoms with Crippen LogP contribution in [-0.2, 0) is 15.1 Å². The number of ether oxygens (including phenoxy) is 2. The van der Waals surface area contributed by atoms with Gasteiger partial charge in [-0.15, -0.1) is 0 Å². The van der Waals surface area contributed by atoms with E-state index in [0.717, 1.165) is 30.6 Å². The monoisotopic (exact) mass is 511 g/mol. The molecule has 0 unspecified atom stereocenters. The zero-order valence-electron chi connectivity index (χ0n) is 23.6.